The molecule has 2 aromatic rings. The Morgan fingerprint density at radius 2 is 1.86 bits per heavy atom. The Hall–Kier alpha value is -2.36. The Balaban J connectivity index is 1.51. The summed E-state index contributed by atoms with van der Waals surface area (Å²) < 4.78 is 0. The number of benzene rings is 2. The van der Waals surface area contributed by atoms with E-state index in [-0.39, 0.29) is 11.5 Å². The number of rotatable bonds is 1. The quantitative estimate of drug-likeness (QED) is 0.810. The monoisotopic (exact) mass is 294 g/mol. The largest absolute Gasteiger partial charge is 0.389 e. The summed E-state index contributed by atoms with van der Waals surface area (Å²) in [6, 6.07) is 14.0. The average molecular weight is 294 g/mol. The normalized spacial score (nSPS) is 19.5. The summed E-state index contributed by atoms with van der Waals surface area (Å²) in [5, 5.41) is 6.16. The molecule has 0 bridgehead atoms. The highest BCUT2D eigenvalue weighted by Crippen LogP contribution is 2.33. The molecule has 1 fully saturated rings. The Labute approximate surface area is 129 Å². The van der Waals surface area contributed by atoms with Gasteiger partial charge in [-0.1, -0.05) is 35.5 Å². The number of nitrogens with zero attached hydrogens (tertiary/aromatic N) is 2. The van der Waals surface area contributed by atoms with Gasteiger partial charge < -0.3 is 9.74 Å². The van der Waals surface area contributed by atoms with Crippen LogP contribution in [0.2, 0.25) is 0 Å². The highest BCUT2D eigenvalue weighted by atomic mass is 16.7. The van der Waals surface area contributed by atoms with Crippen LogP contribution in [0.25, 0.3) is 10.8 Å². The van der Waals surface area contributed by atoms with Crippen LogP contribution in [0.3, 0.4) is 0 Å². The molecule has 0 radical (unpaired) electrons. The standard InChI is InChI=1S/C18H18N2O2/c21-17(16-6-5-14-3-1-2-4-15(14)13-16)20-11-8-18(9-12-20)7-10-19-22-18/h1-6,10,13H,7-9,11-12H2. The highest BCUT2D eigenvalue weighted by molar-refractivity contribution is 5.98. The number of hydrogen-bond donors (Lipinski definition) is 0. The molecule has 1 spiro atoms. The third kappa shape index (κ3) is 2.25. The van der Waals surface area contributed by atoms with E-state index in [1.807, 2.05) is 47.5 Å². The molecule has 4 rings (SSSR count). The van der Waals surface area contributed by atoms with Crippen molar-refractivity contribution in [3.8, 4) is 0 Å². The van der Waals surface area contributed by atoms with E-state index in [1.165, 1.54) is 0 Å². The lowest BCUT2D eigenvalue weighted by Crippen LogP contribution is -2.46. The molecule has 4 heteroatoms. The molecular formula is C18H18N2O2. The first-order chi connectivity index (χ1) is 10.8. The van der Waals surface area contributed by atoms with Gasteiger partial charge >= 0.3 is 0 Å². The van der Waals surface area contributed by atoms with E-state index in [1.54, 1.807) is 0 Å². The van der Waals surface area contributed by atoms with E-state index in [0.717, 1.165) is 48.7 Å². The fraction of sp³-hybridized carbons (Fsp3) is 0.333. The Bertz CT molecular complexity index is 736. The maximum atomic E-state index is 12.7. The maximum Gasteiger partial charge on any atom is 0.253 e. The molecule has 1 amide bonds. The van der Waals surface area contributed by atoms with Gasteiger partial charge in [0.15, 0.2) is 0 Å². The van der Waals surface area contributed by atoms with Crippen molar-refractivity contribution in [1.82, 2.24) is 4.90 Å². The van der Waals surface area contributed by atoms with Gasteiger partial charge in [-0.15, -0.1) is 0 Å². The van der Waals surface area contributed by atoms with Crippen LogP contribution in [-0.2, 0) is 4.84 Å². The van der Waals surface area contributed by atoms with Gasteiger partial charge in [0.2, 0.25) is 0 Å². The predicted octanol–water partition coefficient (Wildman–Crippen LogP) is 3.22. The minimum atomic E-state index is -0.153. The van der Waals surface area contributed by atoms with Gasteiger partial charge in [-0.3, -0.25) is 4.79 Å². The van der Waals surface area contributed by atoms with E-state index in [4.69, 9.17) is 4.84 Å². The molecule has 2 aliphatic rings. The number of hydrogen-bond acceptors (Lipinski definition) is 3. The zero-order valence-corrected chi connectivity index (χ0v) is 12.4. The smallest absolute Gasteiger partial charge is 0.253 e. The number of amides is 1. The number of likely N-dealkylation sites (tertiary alicyclic amines) is 1. The van der Waals surface area contributed by atoms with E-state index >= 15 is 0 Å². The molecule has 0 N–H and O–H groups in total. The zero-order valence-electron chi connectivity index (χ0n) is 12.4. The van der Waals surface area contributed by atoms with Gasteiger partial charge in [0.25, 0.3) is 5.91 Å². The van der Waals surface area contributed by atoms with Crippen molar-refractivity contribution in [2.75, 3.05) is 13.1 Å². The highest BCUT2D eigenvalue weighted by Gasteiger charge is 2.40. The number of piperidine rings is 1. The fourth-order valence-corrected chi connectivity index (χ4v) is 3.31. The van der Waals surface area contributed by atoms with Gasteiger partial charge in [-0.2, -0.15) is 0 Å². The van der Waals surface area contributed by atoms with Gasteiger partial charge in [0, 0.05) is 44.1 Å². The minimum absolute atomic E-state index is 0.111. The molecule has 4 nitrogen and oxygen atoms in total. The predicted molar refractivity (Wildman–Crippen MR) is 86.0 cm³/mol. The van der Waals surface area contributed by atoms with E-state index in [9.17, 15) is 4.79 Å². The second-order valence-electron chi connectivity index (χ2n) is 6.12. The molecular weight excluding hydrogens is 276 g/mol. The molecule has 1 saturated heterocycles. The Morgan fingerprint density at radius 3 is 2.59 bits per heavy atom. The number of fused-ring (bicyclic) bond motifs is 1. The van der Waals surface area contributed by atoms with Crippen LogP contribution in [0.15, 0.2) is 47.6 Å². The van der Waals surface area contributed by atoms with Crippen LogP contribution in [0, 0.1) is 0 Å². The summed E-state index contributed by atoms with van der Waals surface area (Å²) >= 11 is 0. The lowest BCUT2D eigenvalue weighted by molar-refractivity contribution is -0.0568. The molecule has 22 heavy (non-hydrogen) atoms. The van der Waals surface area contributed by atoms with Crippen LogP contribution in [0.5, 0.6) is 0 Å². The van der Waals surface area contributed by atoms with Crippen molar-refractivity contribution in [2.45, 2.75) is 24.9 Å². The molecule has 0 atom stereocenters. The van der Waals surface area contributed by atoms with E-state index in [2.05, 4.69) is 11.2 Å². The first-order valence-electron chi connectivity index (χ1n) is 7.74. The lowest BCUT2D eigenvalue weighted by atomic mass is 9.89. The van der Waals surface area contributed by atoms with Crippen LogP contribution in [0.4, 0.5) is 0 Å². The van der Waals surface area contributed by atoms with Gasteiger partial charge in [0.05, 0.1) is 0 Å². The molecule has 2 aromatic carbocycles. The minimum Gasteiger partial charge on any atom is -0.389 e. The van der Waals surface area contributed by atoms with Crippen LogP contribution < -0.4 is 0 Å². The van der Waals surface area contributed by atoms with Crippen molar-refractivity contribution in [3.05, 3.63) is 48.0 Å². The third-order valence-corrected chi connectivity index (χ3v) is 4.74. The zero-order chi connectivity index (χ0) is 15.0. The van der Waals surface area contributed by atoms with Crippen LogP contribution in [-0.4, -0.2) is 35.7 Å². The first kappa shape index (κ1) is 13.3. The van der Waals surface area contributed by atoms with Crippen molar-refractivity contribution < 1.29 is 9.63 Å². The first-order valence-corrected chi connectivity index (χ1v) is 7.74. The third-order valence-electron chi connectivity index (χ3n) is 4.74. The molecule has 0 aromatic heterocycles. The van der Waals surface area contributed by atoms with Crippen LogP contribution in [0.1, 0.15) is 29.6 Å². The maximum absolute atomic E-state index is 12.7. The summed E-state index contributed by atoms with van der Waals surface area (Å²) in [5.41, 5.74) is 0.610. The number of carbonyl (C=O) groups excluding carboxylic acids is 1. The summed E-state index contributed by atoms with van der Waals surface area (Å²) in [7, 11) is 0. The Morgan fingerprint density at radius 1 is 1.09 bits per heavy atom. The average Bonchev–Trinajstić information content (AvgIpc) is 3.02. The van der Waals surface area contributed by atoms with Crippen molar-refractivity contribution in [1.29, 1.82) is 0 Å². The Kier molecular flexibility index (Phi) is 3.10. The second-order valence-corrected chi connectivity index (χ2v) is 6.12. The van der Waals surface area contributed by atoms with Gasteiger partial charge in [0.1, 0.15) is 5.60 Å². The van der Waals surface area contributed by atoms with E-state index < -0.39 is 0 Å². The van der Waals surface area contributed by atoms with Crippen LogP contribution >= 0.6 is 0 Å². The second kappa shape index (κ2) is 5.13. The summed E-state index contributed by atoms with van der Waals surface area (Å²) in [6.07, 6.45) is 4.41. The van der Waals surface area contributed by atoms with Gasteiger partial charge in [-0.25, -0.2) is 0 Å². The molecule has 0 saturated carbocycles. The summed E-state index contributed by atoms with van der Waals surface area (Å²) in [5.74, 6) is 0.111. The fourth-order valence-electron chi connectivity index (χ4n) is 3.31. The molecule has 2 aliphatic heterocycles. The van der Waals surface area contributed by atoms with Gasteiger partial charge in [-0.05, 0) is 22.9 Å². The molecule has 0 aliphatic carbocycles. The lowest BCUT2D eigenvalue weighted by Gasteiger charge is -2.37. The SMILES string of the molecule is O=C(c1ccc2ccccc2c1)N1CCC2(CC=NO2)CC1. The van der Waals surface area contributed by atoms with Crippen molar-refractivity contribution in [2.24, 2.45) is 5.16 Å². The van der Waals surface area contributed by atoms with Crippen molar-refractivity contribution in [3.63, 3.8) is 0 Å². The molecule has 0 unspecified atom stereocenters. The topological polar surface area (TPSA) is 41.9 Å². The van der Waals surface area contributed by atoms with E-state index in [0.29, 0.717) is 0 Å². The van der Waals surface area contributed by atoms with Crippen molar-refractivity contribution >= 4 is 22.9 Å². The summed E-state index contributed by atoms with van der Waals surface area (Å²) in [4.78, 5) is 20.1. The summed E-state index contributed by atoms with van der Waals surface area (Å²) in [6.45, 7) is 1.46. The number of oxime groups is 1. The number of carbonyl (C=O) groups is 1. The molecule has 2 heterocycles. The molecule has 112 valence electrons.